The first-order valence-electron chi connectivity index (χ1n) is 25.9. The summed E-state index contributed by atoms with van der Waals surface area (Å²) >= 11 is 0. The van der Waals surface area contributed by atoms with E-state index in [1.807, 2.05) is 26.0 Å². The fourth-order valence-corrected chi connectivity index (χ4v) is 14.1. The molecule has 1 N–H and O–H groups in total. The van der Waals surface area contributed by atoms with Gasteiger partial charge in [-0.25, -0.2) is 0 Å². The Morgan fingerprint density at radius 2 is 1.00 bits per heavy atom. The second kappa shape index (κ2) is 25.4. The van der Waals surface area contributed by atoms with Crippen LogP contribution < -0.4 is 20.7 Å². The number of pyridine rings is 2. The third-order valence-electron chi connectivity index (χ3n) is 13.7. The van der Waals surface area contributed by atoms with Crippen LogP contribution in [0, 0.1) is 51.7 Å². The van der Waals surface area contributed by atoms with Gasteiger partial charge in [0, 0.05) is 50.4 Å². The van der Waals surface area contributed by atoms with Crippen LogP contribution in [0.2, 0.25) is 26.2 Å². The molecule has 0 aliphatic rings. The standard InChI is InChI=1S/2C25H24NSi.C13H21F3O2.Ir/c2*1-18-14-19(2)16-21(15-18)25-24-11-10-23(17-20(24)12-13-26-25)27(3,4)22-8-6-5-7-9-22;1-4-9(5-2)11(17)7-12(18)10(6-3)8-13(14,15)16;/h2*5-15,17H,1-4H3;7,9-10,18H,4-6,8H2,1-3H3;/q2*-1;;/b;;12-7-;/i2*13D;;. The van der Waals surface area contributed by atoms with E-state index in [0.29, 0.717) is 25.2 Å². The Labute approximate surface area is 450 Å². The van der Waals surface area contributed by atoms with Crippen molar-refractivity contribution < 1.29 is 45.9 Å². The first kappa shape index (κ1) is 55.0. The molecule has 0 fully saturated rings. The Morgan fingerprint density at radius 3 is 1.36 bits per heavy atom. The number of carbonyl (C=O) groups is 1. The number of benzene rings is 6. The van der Waals surface area contributed by atoms with Crippen LogP contribution in [-0.4, -0.2) is 43.2 Å². The van der Waals surface area contributed by atoms with Crippen LogP contribution in [0.25, 0.3) is 44.1 Å². The number of rotatable bonds is 13. The SMILES string of the molecule is CCC(CC)C(=O)/C=C(\O)C(CC)CC(F)(F)F.[2H]c1cc2cc([Si](C)(C)c3ccccc3)ccc2c(-c2[c-]c(C)cc(C)c2)n1.[2H]c1cc2cc([Si](C)(C)c3ccccc3)ccc2c(-c2[c-]c(C)cc(C)c2)n1.[Ir]. The maximum Gasteiger partial charge on any atom is 0.389 e. The van der Waals surface area contributed by atoms with Gasteiger partial charge in [-0.2, -0.15) is 13.2 Å². The number of fused-ring (bicyclic) bond motifs is 2. The number of aromatic nitrogens is 2. The average Bonchev–Trinajstić information content (AvgIpc) is 3.35. The maximum atomic E-state index is 12.3. The number of halogens is 3. The number of ketones is 1. The first-order valence-corrected chi connectivity index (χ1v) is 30.9. The second-order valence-electron chi connectivity index (χ2n) is 20.0. The largest absolute Gasteiger partial charge is 0.512 e. The quantitative estimate of drug-likeness (QED) is 0.0541. The van der Waals surface area contributed by atoms with E-state index in [1.54, 1.807) is 6.92 Å². The topological polar surface area (TPSA) is 63.1 Å². The summed E-state index contributed by atoms with van der Waals surface area (Å²) in [7, 11) is -3.59. The Balaban J connectivity index is 0.000000213. The molecule has 1 atom stereocenters. The van der Waals surface area contributed by atoms with Crippen LogP contribution >= 0.6 is 0 Å². The molecule has 0 saturated carbocycles. The molecule has 73 heavy (non-hydrogen) atoms. The second-order valence-corrected chi connectivity index (χ2v) is 28.8. The average molecular weight is 1190 g/mol. The number of hydrogen-bond donors (Lipinski definition) is 1. The van der Waals surface area contributed by atoms with Crippen molar-refractivity contribution in [2.75, 3.05) is 0 Å². The molecule has 2 heterocycles. The molecule has 2 aromatic heterocycles. The van der Waals surface area contributed by atoms with Gasteiger partial charge in [-0.05, 0) is 64.3 Å². The minimum absolute atomic E-state index is 0. The molecule has 0 bridgehead atoms. The van der Waals surface area contributed by atoms with Crippen molar-refractivity contribution in [3.8, 4) is 22.5 Å². The van der Waals surface area contributed by atoms with Gasteiger partial charge in [0.2, 0.25) is 0 Å². The van der Waals surface area contributed by atoms with Gasteiger partial charge in [-0.1, -0.05) is 192 Å². The van der Waals surface area contributed by atoms with E-state index in [2.05, 4.69) is 197 Å². The first-order chi connectivity index (χ1) is 34.9. The molecular weight excluding hydrogens is 1120 g/mol. The molecule has 10 heteroatoms. The van der Waals surface area contributed by atoms with Gasteiger partial charge in [0.1, 0.15) is 16.1 Å². The van der Waals surface area contributed by atoms with Gasteiger partial charge in [-0.15, -0.1) is 69.8 Å². The predicted molar refractivity (Wildman–Crippen MR) is 302 cm³/mol. The molecule has 0 saturated heterocycles. The number of allylic oxidation sites excluding steroid dienone is 2. The van der Waals surface area contributed by atoms with Crippen LogP contribution in [0.1, 0.15) is 71.4 Å². The monoisotopic (exact) mass is 1190 g/mol. The third-order valence-corrected chi connectivity index (χ3v) is 20.8. The third kappa shape index (κ3) is 14.9. The summed E-state index contributed by atoms with van der Waals surface area (Å²) in [6.07, 6.45) is -2.47. The summed E-state index contributed by atoms with van der Waals surface area (Å²) in [4.78, 5) is 20.8. The summed E-state index contributed by atoms with van der Waals surface area (Å²) in [6, 6.07) is 53.9. The number of nitrogens with zero attached hydrogens (tertiary/aromatic N) is 2. The molecule has 8 aromatic rings. The van der Waals surface area contributed by atoms with Gasteiger partial charge >= 0.3 is 6.18 Å². The molecule has 8 rings (SSSR count). The van der Waals surface area contributed by atoms with Crippen molar-refractivity contribution >= 4 is 64.2 Å². The minimum Gasteiger partial charge on any atom is -0.512 e. The number of alkyl halides is 3. The summed E-state index contributed by atoms with van der Waals surface area (Å²) in [5, 5.41) is 19.5. The van der Waals surface area contributed by atoms with Crippen LogP contribution in [0.15, 0.2) is 158 Å². The Hall–Kier alpha value is -5.78. The number of aliphatic hydroxyl groups excluding tert-OH is 1. The van der Waals surface area contributed by atoms with Crippen molar-refractivity contribution in [3.05, 3.63) is 192 Å². The summed E-state index contributed by atoms with van der Waals surface area (Å²) in [5.41, 5.74) is 8.17. The van der Waals surface area contributed by atoms with Crippen LogP contribution in [0.4, 0.5) is 13.2 Å². The van der Waals surface area contributed by atoms with E-state index in [4.69, 9.17) is 2.74 Å². The normalized spacial score (nSPS) is 12.7. The molecule has 383 valence electrons. The Kier molecular flexibility index (Phi) is 19.2. The van der Waals surface area contributed by atoms with Gasteiger partial charge in [-0.3, -0.25) is 4.79 Å². The number of aryl methyl sites for hydroxylation is 4. The molecule has 1 unspecified atom stereocenters. The van der Waals surface area contributed by atoms with E-state index in [9.17, 15) is 23.1 Å². The molecule has 6 aromatic carbocycles. The zero-order valence-electron chi connectivity index (χ0n) is 46.0. The Bertz CT molecular complexity index is 3040. The molecule has 0 amide bonds. The molecule has 4 nitrogen and oxygen atoms in total. The fourth-order valence-electron chi connectivity index (χ4n) is 9.34. The van der Waals surface area contributed by atoms with Crippen LogP contribution in [0.5, 0.6) is 0 Å². The van der Waals surface area contributed by atoms with Crippen molar-refractivity contribution in [1.82, 2.24) is 9.97 Å². The molecule has 0 spiro atoms. The summed E-state index contributed by atoms with van der Waals surface area (Å²) < 4.78 is 53.3. The van der Waals surface area contributed by atoms with E-state index < -0.39 is 40.4 Å². The summed E-state index contributed by atoms with van der Waals surface area (Å²) in [6.45, 7) is 23.0. The number of carbonyl (C=O) groups excluding carboxylic acids is 1. The maximum absolute atomic E-state index is 12.3. The fraction of sp³-hybridized carbons (Fsp3) is 0.286. The van der Waals surface area contributed by atoms with Gasteiger partial charge in [0.05, 0.1) is 14.9 Å². The smallest absolute Gasteiger partial charge is 0.389 e. The zero-order chi connectivity index (χ0) is 54.1. The van der Waals surface area contributed by atoms with E-state index in [1.165, 1.54) is 31.9 Å². The van der Waals surface area contributed by atoms with Gasteiger partial charge in [0.15, 0.2) is 5.78 Å². The van der Waals surface area contributed by atoms with Crippen molar-refractivity contribution in [3.63, 3.8) is 0 Å². The van der Waals surface area contributed by atoms with E-state index in [0.717, 1.165) is 61.3 Å². The summed E-state index contributed by atoms with van der Waals surface area (Å²) in [5.74, 6) is -2.00. The van der Waals surface area contributed by atoms with Crippen molar-refractivity contribution in [2.45, 2.75) is 107 Å². The van der Waals surface area contributed by atoms with E-state index in [-0.39, 0.29) is 38.2 Å². The number of aliphatic hydroxyl groups is 1. The molecular formula is C63H69F3IrN2O2Si2-2. The van der Waals surface area contributed by atoms with Crippen molar-refractivity contribution in [1.29, 1.82) is 0 Å². The molecule has 1 radical (unpaired) electrons. The zero-order valence-corrected chi connectivity index (χ0v) is 48.4. The minimum atomic E-state index is -4.33. The van der Waals surface area contributed by atoms with Crippen molar-refractivity contribution in [2.24, 2.45) is 11.8 Å². The van der Waals surface area contributed by atoms with Crippen LogP contribution in [-0.2, 0) is 24.9 Å². The van der Waals surface area contributed by atoms with E-state index >= 15 is 0 Å². The molecule has 0 aliphatic heterocycles. The Morgan fingerprint density at radius 1 is 0.603 bits per heavy atom. The molecule has 0 aliphatic carbocycles. The predicted octanol–water partition coefficient (Wildman–Crippen LogP) is 14.7. The van der Waals surface area contributed by atoms with Gasteiger partial charge < -0.3 is 15.1 Å². The van der Waals surface area contributed by atoms with Crippen LogP contribution in [0.3, 0.4) is 0 Å². The number of hydrogen-bond acceptors (Lipinski definition) is 4. The van der Waals surface area contributed by atoms with Gasteiger partial charge in [0.25, 0.3) is 0 Å².